The quantitative estimate of drug-likeness (QED) is 0.516. The molecule has 0 aromatic heterocycles. The summed E-state index contributed by atoms with van der Waals surface area (Å²) in [6.07, 6.45) is 13.5. The van der Waals surface area contributed by atoms with Gasteiger partial charge in [-0.2, -0.15) is 0 Å². The molecule has 11 atom stereocenters. The van der Waals surface area contributed by atoms with Crippen molar-refractivity contribution >= 4 is 0 Å². The highest BCUT2D eigenvalue weighted by Crippen LogP contribution is 2.70. The Balaban J connectivity index is 1.28. The molecule has 2 saturated heterocycles. The molecule has 2 heterocycles. The number of ether oxygens (including phenoxy) is 2. The second-order valence-corrected chi connectivity index (χ2v) is 12.7. The minimum Gasteiger partial charge on any atom is -0.393 e. The standard InChI is InChI=1S/C27H42O3/c1-16-7-12-27(29-15-16)17(2)24-23(30-27)14-22-20-6-5-18-13-19(28)8-10-25(18,3)21(20)9-11-26(22,24)4/h5,16-17,19-24,28H,6-15H2,1-4H3/t16-,17+,19+,20?,21?,22?,23+,24+,25+,26+,27?/m1/s1. The monoisotopic (exact) mass is 414 g/mol. The van der Waals surface area contributed by atoms with Crippen LogP contribution >= 0.6 is 0 Å². The largest absolute Gasteiger partial charge is 0.393 e. The van der Waals surface area contributed by atoms with Crippen molar-refractivity contribution in [3.05, 3.63) is 11.6 Å². The number of rotatable bonds is 0. The third-order valence-corrected chi connectivity index (χ3v) is 11.3. The van der Waals surface area contributed by atoms with Crippen LogP contribution in [0.2, 0.25) is 0 Å². The minimum absolute atomic E-state index is 0.107. The van der Waals surface area contributed by atoms with Crippen LogP contribution < -0.4 is 0 Å². The van der Waals surface area contributed by atoms with E-state index < -0.39 is 0 Å². The Kier molecular flexibility index (Phi) is 4.44. The predicted octanol–water partition coefficient (Wildman–Crippen LogP) is 5.71. The van der Waals surface area contributed by atoms with Gasteiger partial charge in [0, 0.05) is 12.3 Å². The van der Waals surface area contributed by atoms with E-state index in [1.807, 2.05) is 0 Å². The summed E-state index contributed by atoms with van der Waals surface area (Å²) in [5.74, 6) is 3.94. The van der Waals surface area contributed by atoms with Gasteiger partial charge in [0.25, 0.3) is 0 Å². The molecule has 0 aromatic rings. The lowest BCUT2D eigenvalue weighted by molar-refractivity contribution is -0.272. The first kappa shape index (κ1) is 20.2. The van der Waals surface area contributed by atoms with E-state index in [-0.39, 0.29) is 11.9 Å². The van der Waals surface area contributed by atoms with E-state index in [4.69, 9.17) is 9.47 Å². The lowest BCUT2D eigenvalue weighted by Gasteiger charge is -2.58. The third-order valence-electron chi connectivity index (χ3n) is 11.3. The summed E-state index contributed by atoms with van der Waals surface area (Å²) >= 11 is 0. The van der Waals surface area contributed by atoms with Crippen LogP contribution in [-0.2, 0) is 9.47 Å². The molecule has 1 N–H and O–H groups in total. The number of allylic oxidation sites excluding steroid dienone is 1. The van der Waals surface area contributed by atoms with Gasteiger partial charge in [-0.05, 0) is 91.8 Å². The Bertz CT molecular complexity index is 736. The molecule has 0 radical (unpaired) electrons. The van der Waals surface area contributed by atoms with Crippen molar-refractivity contribution in [2.45, 2.75) is 103 Å². The molecule has 0 aromatic carbocycles. The van der Waals surface area contributed by atoms with Gasteiger partial charge in [-0.3, -0.25) is 0 Å². The summed E-state index contributed by atoms with van der Waals surface area (Å²) in [6, 6.07) is 0. The summed E-state index contributed by atoms with van der Waals surface area (Å²) in [5.41, 5.74) is 2.31. The van der Waals surface area contributed by atoms with Crippen LogP contribution in [0.25, 0.3) is 0 Å². The molecule has 0 bridgehead atoms. The van der Waals surface area contributed by atoms with E-state index in [0.717, 1.165) is 43.6 Å². The van der Waals surface area contributed by atoms with Crippen molar-refractivity contribution in [1.82, 2.24) is 0 Å². The van der Waals surface area contributed by atoms with Gasteiger partial charge in [0.05, 0.1) is 18.8 Å². The molecule has 6 rings (SSSR count). The van der Waals surface area contributed by atoms with Crippen LogP contribution in [-0.4, -0.2) is 29.7 Å². The van der Waals surface area contributed by atoms with E-state index in [9.17, 15) is 5.11 Å². The molecule has 30 heavy (non-hydrogen) atoms. The molecular formula is C27H42O3. The SMILES string of the molecule is C[C@@H]1CCC2(OC1)O[C@H]1CC3C4CC=C5C[C@@H](O)CC[C@]5(C)C4CC[C@]3(C)[C@H]1[C@@H]2C. The third kappa shape index (κ3) is 2.55. The molecule has 0 amide bonds. The molecule has 6 aliphatic rings. The zero-order valence-electron chi connectivity index (χ0n) is 19.5. The first-order chi connectivity index (χ1) is 14.3. The molecule has 4 aliphatic carbocycles. The molecule has 1 spiro atoms. The van der Waals surface area contributed by atoms with Crippen molar-refractivity contribution in [2.24, 2.45) is 46.3 Å². The Labute approximate surface area is 183 Å². The molecule has 2 aliphatic heterocycles. The lowest BCUT2D eigenvalue weighted by atomic mass is 9.47. The van der Waals surface area contributed by atoms with Gasteiger partial charge in [-0.15, -0.1) is 0 Å². The predicted molar refractivity (Wildman–Crippen MR) is 118 cm³/mol. The van der Waals surface area contributed by atoms with Crippen molar-refractivity contribution in [3.8, 4) is 0 Å². The molecule has 4 unspecified atom stereocenters. The smallest absolute Gasteiger partial charge is 0.171 e. The highest BCUT2D eigenvalue weighted by Gasteiger charge is 2.68. The maximum Gasteiger partial charge on any atom is 0.171 e. The summed E-state index contributed by atoms with van der Waals surface area (Å²) in [6.45, 7) is 10.8. The Morgan fingerprint density at radius 2 is 1.87 bits per heavy atom. The van der Waals surface area contributed by atoms with E-state index in [0.29, 0.717) is 34.7 Å². The number of fused-ring (bicyclic) bond motifs is 7. The maximum atomic E-state index is 10.3. The molecule has 5 fully saturated rings. The second kappa shape index (κ2) is 6.58. The average Bonchev–Trinajstić information content (AvgIpc) is 3.16. The zero-order valence-corrected chi connectivity index (χ0v) is 19.5. The fraction of sp³-hybridized carbons (Fsp3) is 0.926. The summed E-state index contributed by atoms with van der Waals surface area (Å²) in [4.78, 5) is 0. The Morgan fingerprint density at radius 1 is 1.03 bits per heavy atom. The summed E-state index contributed by atoms with van der Waals surface area (Å²) in [5, 5.41) is 10.3. The number of aliphatic hydroxyl groups is 1. The summed E-state index contributed by atoms with van der Waals surface area (Å²) in [7, 11) is 0. The fourth-order valence-electron chi connectivity index (χ4n) is 9.66. The van der Waals surface area contributed by atoms with Crippen LogP contribution in [0.1, 0.15) is 85.5 Å². The average molecular weight is 415 g/mol. The van der Waals surface area contributed by atoms with Crippen LogP contribution in [0.3, 0.4) is 0 Å². The molecule has 168 valence electrons. The number of hydrogen-bond donors (Lipinski definition) is 1. The van der Waals surface area contributed by atoms with Crippen LogP contribution in [0, 0.1) is 46.3 Å². The normalized spacial score (nSPS) is 59.8. The maximum absolute atomic E-state index is 10.3. The molecule has 3 saturated carbocycles. The van der Waals surface area contributed by atoms with E-state index in [2.05, 4.69) is 33.8 Å². The van der Waals surface area contributed by atoms with Gasteiger partial charge in [-0.1, -0.05) is 39.3 Å². The first-order valence-electron chi connectivity index (χ1n) is 13.0. The molecule has 3 nitrogen and oxygen atoms in total. The van der Waals surface area contributed by atoms with Crippen molar-refractivity contribution in [2.75, 3.05) is 6.61 Å². The zero-order chi connectivity index (χ0) is 20.9. The second-order valence-electron chi connectivity index (χ2n) is 12.7. The van der Waals surface area contributed by atoms with Crippen molar-refractivity contribution in [1.29, 1.82) is 0 Å². The van der Waals surface area contributed by atoms with Crippen molar-refractivity contribution < 1.29 is 14.6 Å². The first-order valence-corrected chi connectivity index (χ1v) is 13.0. The molecule has 3 heteroatoms. The van der Waals surface area contributed by atoms with Gasteiger partial charge < -0.3 is 14.6 Å². The van der Waals surface area contributed by atoms with Gasteiger partial charge in [0.1, 0.15) is 0 Å². The van der Waals surface area contributed by atoms with Crippen molar-refractivity contribution in [3.63, 3.8) is 0 Å². The fourth-order valence-corrected chi connectivity index (χ4v) is 9.66. The van der Waals surface area contributed by atoms with Gasteiger partial charge >= 0.3 is 0 Å². The number of hydrogen-bond acceptors (Lipinski definition) is 3. The van der Waals surface area contributed by atoms with Crippen LogP contribution in [0.15, 0.2) is 11.6 Å². The Morgan fingerprint density at radius 3 is 2.63 bits per heavy atom. The Hall–Kier alpha value is -0.380. The number of aliphatic hydroxyl groups excluding tert-OH is 1. The van der Waals surface area contributed by atoms with Gasteiger partial charge in [0.2, 0.25) is 0 Å². The topological polar surface area (TPSA) is 38.7 Å². The highest BCUT2D eigenvalue weighted by molar-refractivity contribution is 5.26. The van der Waals surface area contributed by atoms with Crippen LogP contribution in [0.5, 0.6) is 0 Å². The summed E-state index contributed by atoms with van der Waals surface area (Å²) < 4.78 is 13.3. The van der Waals surface area contributed by atoms with E-state index in [1.165, 1.54) is 38.5 Å². The van der Waals surface area contributed by atoms with Gasteiger partial charge in [-0.25, -0.2) is 0 Å². The lowest BCUT2D eigenvalue weighted by Crippen LogP contribution is -2.52. The van der Waals surface area contributed by atoms with E-state index in [1.54, 1.807) is 5.57 Å². The van der Waals surface area contributed by atoms with Crippen LogP contribution in [0.4, 0.5) is 0 Å². The highest BCUT2D eigenvalue weighted by atomic mass is 16.7. The minimum atomic E-state index is -0.294. The molecular weight excluding hydrogens is 372 g/mol. The van der Waals surface area contributed by atoms with Gasteiger partial charge in [0.15, 0.2) is 5.79 Å². The van der Waals surface area contributed by atoms with E-state index >= 15 is 0 Å².